The van der Waals surface area contributed by atoms with E-state index in [-0.39, 0.29) is 30.8 Å². The molecule has 1 atom stereocenters. The summed E-state index contributed by atoms with van der Waals surface area (Å²) in [7, 11) is 0. The van der Waals surface area contributed by atoms with Crippen molar-refractivity contribution < 1.29 is 14.3 Å². The zero-order chi connectivity index (χ0) is 19.4. The number of benzene rings is 2. The summed E-state index contributed by atoms with van der Waals surface area (Å²) in [6, 6.07) is 13.1. The number of halogens is 1. The van der Waals surface area contributed by atoms with Crippen LogP contribution in [-0.4, -0.2) is 24.5 Å². The second-order valence-electron chi connectivity index (χ2n) is 6.77. The topological polar surface area (TPSA) is 58.6 Å². The number of nitrogens with one attached hydrogen (secondary N) is 1. The molecule has 0 unspecified atom stereocenters. The van der Waals surface area contributed by atoms with Crippen LogP contribution in [0.25, 0.3) is 0 Å². The number of amides is 2. The Labute approximate surface area is 164 Å². The second kappa shape index (κ2) is 8.44. The molecule has 2 amide bonds. The van der Waals surface area contributed by atoms with Gasteiger partial charge in [-0.05, 0) is 43.2 Å². The van der Waals surface area contributed by atoms with Crippen molar-refractivity contribution in [2.75, 3.05) is 11.4 Å². The molecule has 0 fully saturated rings. The number of hydrogen-bond acceptors (Lipinski definition) is 3. The number of hydrogen-bond donors (Lipinski definition) is 1. The molecule has 1 N–H and O–H groups in total. The van der Waals surface area contributed by atoms with Crippen molar-refractivity contribution in [1.82, 2.24) is 5.32 Å². The molecule has 0 saturated carbocycles. The lowest BCUT2D eigenvalue weighted by molar-refractivity contribution is -0.125. The van der Waals surface area contributed by atoms with Gasteiger partial charge in [0.2, 0.25) is 11.8 Å². The van der Waals surface area contributed by atoms with E-state index in [0.29, 0.717) is 23.9 Å². The Hall–Kier alpha value is -2.53. The van der Waals surface area contributed by atoms with E-state index in [2.05, 4.69) is 5.32 Å². The Morgan fingerprint density at radius 2 is 2.00 bits per heavy atom. The predicted molar refractivity (Wildman–Crippen MR) is 106 cm³/mol. The molecule has 2 aromatic rings. The fraction of sp³-hybridized carbons (Fsp3) is 0.333. The molecule has 0 spiro atoms. The smallest absolute Gasteiger partial charge is 0.227 e. The normalized spacial score (nSPS) is 15.7. The highest BCUT2D eigenvalue weighted by atomic mass is 35.5. The molecule has 27 heavy (non-hydrogen) atoms. The third kappa shape index (κ3) is 4.80. The van der Waals surface area contributed by atoms with Gasteiger partial charge in [0.25, 0.3) is 0 Å². The molecule has 0 bridgehead atoms. The standard InChI is InChI=1S/C21H23ClN2O3/c1-14-7-8-19-18(11-14)24(13-15(2)27-19)21(26)10-9-20(25)23-12-16-5-3-4-6-17(16)22/h3-8,11,15H,9-10,12-13H2,1-2H3,(H,23,25)/t15-/m1/s1. The molecular weight excluding hydrogens is 364 g/mol. The number of carbonyl (C=O) groups excluding carboxylic acids is 2. The molecule has 0 aromatic heterocycles. The van der Waals surface area contributed by atoms with Crippen LogP contribution in [0.15, 0.2) is 42.5 Å². The van der Waals surface area contributed by atoms with Crippen LogP contribution in [-0.2, 0) is 16.1 Å². The maximum atomic E-state index is 12.7. The minimum atomic E-state index is -0.172. The molecule has 142 valence electrons. The van der Waals surface area contributed by atoms with Gasteiger partial charge in [-0.15, -0.1) is 0 Å². The highest BCUT2D eigenvalue weighted by Gasteiger charge is 2.27. The molecular formula is C21H23ClN2O3. The van der Waals surface area contributed by atoms with Crippen molar-refractivity contribution in [3.8, 4) is 5.75 Å². The summed E-state index contributed by atoms with van der Waals surface area (Å²) >= 11 is 6.09. The Balaban J connectivity index is 1.57. The summed E-state index contributed by atoms with van der Waals surface area (Å²) < 4.78 is 5.81. The number of ether oxygens (including phenoxy) is 1. The average molecular weight is 387 g/mol. The molecule has 6 heteroatoms. The Kier molecular flexibility index (Phi) is 6.01. The van der Waals surface area contributed by atoms with Crippen LogP contribution in [0.3, 0.4) is 0 Å². The highest BCUT2D eigenvalue weighted by Crippen LogP contribution is 2.34. The first-order valence-corrected chi connectivity index (χ1v) is 9.39. The maximum absolute atomic E-state index is 12.7. The van der Waals surface area contributed by atoms with Crippen LogP contribution < -0.4 is 15.0 Å². The van der Waals surface area contributed by atoms with Crippen molar-refractivity contribution in [1.29, 1.82) is 0 Å². The Morgan fingerprint density at radius 1 is 1.22 bits per heavy atom. The number of aryl methyl sites for hydroxylation is 1. The van der Waals surface area contributed by atoms with E-state index in [0.717, 1.165) is 16.8 Å². The molecule has 0 aliphatic carbocycles. The van der Waals surface area contributed by atoms with Crippen LogP contribution in [0.4, 0.5) is 5.69 Å². The van der Waals surface area contributed by atoms with Crippen LogP contribution >= 0.6 is 11.6 Å². The lowest BCUT2D eigenvalue weighted by Crippen LogP contribution is -2.42. The third-order valence-electron chi connectivity index (χ3n) is 4.47. The van der Waals surface area contributed by atoms with Crippen molar-refractivity contribution in [3.05, 3.63) is 58.6 Å². The number of anilines is 1. The van der Waals surface area contributed by atoms with Gasteiger partial charge >= 0.3 is 0 Å². The molecule has 0 saturated heterocycles. The van der Waals surface area contributed by atoms with E-state index in [9.17, 15) is 9.59 Å². The quantitative estimate of drug-likeness (QED) is 0.848. The monoisotopic (exact) mass is 386 g/mol. The van der Waals surface area contributed by atoms with E-state index in [4.69, 9.17) is 16.3 Å². The lowest BCUT2D eigenvalue weighted by atomic mass is 10.1. The summed E-state index contributed by atoms with van der Waals surface area (Å²) in [5, 5.41) is 3.43. The van der Waals surface area contributed by atoms with Gasteiger partial charge in [-0.3, -0.25) is 9.59 Å². The lowest BCUT2D eigenvalue weighted by Gasteiger charge is -2.33. The van der Waals surface area contributed by atoms with Gasteiger partial charge in [-0.25, -0.2) is 0 Å². The van der Waals surface area contributed by atoms with Gasteiger partial charge in [0.05, 0.1) is 12.2 Å². The predicted octanol–water partition coefficient (Wildman–Crippen LogP) is 3.86. The molecule has 1 aliphatic heterocycles. The molecule has 3 rings (SSSR count). The largest absolute Gasteiger partial charge is 0.487 e. The Bertz CT molecular complexity index is 853. The number of carbonyl (C=O) groups is 2. The molecule has 1 aliphatic rings. The summed E-state index contributed by atoms with van der Waals surface area (Å²) in [4.78, 5) is 26.6. The average Bonchev–Trinajstić information content (AvgIpc) is 2.65. The maximum Gasteiger partial charge on any atom is 0.227 e. The zero-order valence-electron chi connectivity index (χ0n) is 15.5. The number of nitrogens with zero attached hydrogens (tertiary/aromatic N) is 1. The minimum Gasteiger partial charge on any atom is -0.487 e. The van der Waals surface area contributed by atoms with E-state index >= 15 is 0 Å². The fourth-order valence-corrected chi connectivity index (χ4v) is 3.27. The van der Waals surface area contributed by atoms with Crippen molar-refractivity contribution >= 4 is 29.1 Å². The number of rotatable bonds is 5. The molecule has 0 radical (unpaired) electrons. The summed E-state index contributed by atoms with van der Waals surface area (Å²) in [5.41, 5.74) is 2.68. The van der Waals surface area contributed by atoms with Crippen molar-refractivity contribution in [2.24, 2.45) is 0 Å². The summed E-state index contributed by atoms with van der Waals surface area (Å²) in [6.07, 6.45) is 0.197. The molecule has 5 nitrogen and oxygen atoms in total. The first kappa shape index (κ1) is 19.2. The number of fused-ring (bicyclic) bond motifs is 1. The summed E-state index contributed by atoms with van der Waals surface area (Å²) in [6.45, 7) is 4.74. The van der Waals surface area contributed by atoms with Crippen LogP contribution in [0.2, 0.25) is 5.02 Å². The first-order chi connectivity index (χ1) is 12.9. The van der Waals surface area contributed by atoms with E-state index in [1.54, 1.807) is 11.0 Å². The van der Waals surface area contributed by atoms with Gasteiger partial charge < -0.3 is 15.0 Å². The van der Waals surface area contributed by atoms with E-state index in [1.165, 1.54) is 0 Å². The second-order valence-corrected chi connectivity index (χ2v) is 7.18. The van der Waals surface area contributed by atoms with Crippen LogP contribution in [0, 0.1) is 6.92 Å². The van der Waals surface area contributed by atoms with E-state index in [1.807, 2.05) is 50.2 Å². The SMILES string of the molecule is Cc1ccc2c(c1)N(C(=O)CCC(=O)NCc1ccccc1Cl)C[C@@H](C)O2. The highest BCUT2D eigenvalue weighted by molar-refractivity contribution is 6.31. The van der Waals surface area contributed by atoms with Gasteiger partial charge in [0, 0.05) is 24.4 Å². The van der Waals surface area contributed by atoms with E-state index < -0.39 is 0 Å². The molecule has 2 aromatic carbocycles. The van der Waals surface area contributed by atoms with Crippen LogP contribution in [0.1, 0.15) is 30.9 Å². The Morgan fingerprint density at radius 3 is 2.78 bits per heavy atom. The fourth-order valence-electron chi connectivity index (χ4n) is 3.06. The van der Waals surface area contributed by atoms with Crippen LogP contribution in [0.5, 0.6) is 5.75 Å². The third-order valence-corrected chi connectivity index (χ3v) is 4.84. The van der Waals surface area contributed by atoms with Gasteiger partial charge in [-0.2, -0.15) is 0 Å². The zero-order valence-corrected chi connectivity index (χ0v) is 16.3. The van der Waals surface area contributed by atoms with Crippen molar-refractivity contribution in [3.63, 3.8) is 0 Å². The molecule has 1 heterocycles. The summed E-state index contributed by atoms with van der Waals surface area (Å²) in [5.74, 6) is 0.454. The van der Waals surface area contributed by atoms with Gasteiger partial charge in [0.1, 0.15) is 11.9 Å². The first-order valence-electron chi connectivity index (χ1n) is 9.02. The van der Waals surface area contributed by atoms with Crippen molar-refractivity contribution in [2.45, 2.75) is 39.3 Å². The van der Waals surface area contributed by atoms with Gasteiger partial charge in [0.15, 0.2) is 0 Å². The van der Waals surface area contributed by atoms with Gasteiger partial charge in [-0.1, -0.05) is 35.9 Å². The minimum absolute atomic E-state index is 0.0788.